The van der Waals surface area contributed by atoms with Crippen molar-refractivity contribution in [3.63, 3.8) is 0 Å². The van der Waals surface area contributed by atoms with Crippen molar-refractivity contribution in [2.24, 2.45) is 10.9 Å². The first-order valence-corrected chi connectivity index (χ1v) is 18.9. The molecule has 3 aromatic carbocycles. The number of hydrogen-bond acceptors (Lipinski definition) is 9. The number of hydroxylamine groups is 1. The van der Waals surface area contributed by atoms with E-state index in [2.05, 4.69) is 36.8 Å². The molecule has 1 fully saturated rings. The van der Waals surface area contributed by atoms with E-state index >= 15 is 0 Å². The summed E-state index contributed by atoms with van der Waals surface area (Å²) in [5, 5.41) is 10.4. The average molecular weight is 769 g/mol. The van der Waals surface area contributed by atoms with E-state index in [9.17, 15) is 14.8 Å². The highest BCUT2D eigenvalue weighted by Gasteiger charge is 2.29. The lowest BCUT2D eigenvalue weighted by Crippen LogP contribution is -2.43. The average Bonchev–Trinajstić information content (AvgIpc) is 3.16. The molecule has 0 saturated carbocycles. The molecule has 55 heavy (non-hydrogen) atoms. The topological polar surface area (TPSA) is 113 Å². The van der Waals surface area contributed by atoms with Gasteiger partial charge in [-0.15, -0.1) is 11.6 Å². The highest BCUT2D eigenvalue weighted by atomic mass is 35.5. The number of piperidine rings is 1. The number of ether oxygens (including phenoxy) is 3. The van der Waals surface area contributed by atoms with Crippen molar-refractivity contribution < 1.29 is 29.0 Å². The van der Waals surface area contributed by atoms with Crippen LogP contribution >= 0.6 is 11.6 Å². The van der Waals surface area contributed by atoms with Crippen molar-refractivity contribution in [2.45, 2.75) is 72.3 Å². The SMILES string of the molecule is C#Cc1cc(C(C)(C)c2ccc(OC/C(C)=C/C=N\C(=C)NN(C)O)cc2)cc(Cl)c1OC1CCN(C(=O)COc2ccc(C(=O)C(C)C)c(CC)c2)CC1. The fourth-order valence-corrected chi connectivity index (χ4v) is 6.42. The summed E-state index contributed by atoms with van der Waals surface area (Å²) in [5.74, 6) is 4.75. The Kier molecular flexibility index (Phi) is 15.1. The summed E-state index contributed by atoms with van der Waals surface area (Å²) in [5.41, 5.74) is 7.25. The molecule has 11 heteroatoms. The second kappa shape index (κ2) is 19.5. The molecule has 0 unspecified atom stereocenters. The summed E-state index contributed by atoms with van der Waals surface area (Å²) in [7, 11) is 1.43. The van der Waals surface area contributed by atoms with E-state index in [4.69, 9.17) is 32.2 Å². The second-order valence-electron chi connectivity index (χ2n) is 14.5. The van der Waals surface area contributed by atoms with Crippen LogP contribution in [0.1, 0.15) is 87.0 Å². The van der Waals surface area contributed by atoms with E-state index in [-0.39, 0.29) is 30.3 Å². The number of terminal acetylenes is 1. The van der Waals surface area contributed by atoms with Crippen molar-refractivity contribution in [2.75, 3.05) is 33.4 Å². The summed E-state index contributed by atoms with van der Waals surface area (Å²) in [6, 6.07) is 17.2. The van der Waals surface area contributed by atoms with Crippen LogP contribution < -0.4 is 19.6 Å². The van der Waals surface area contributed by atoms with E-state index < -0.39 is 5.41 Å². The molecule has 4 rings (SSSR count). The summed E-state index contributed by atoms with van der Waals surface area (Å²) in [6.07, 6.45) is 11.2. The van der Waals surface area contributed by atoms with Gasteiger partial charge in [-0.1, -0.05) is 70.9 Å². The van der Waals surface area contributed by atoms with Gasteiger partial charge in [0.25, 0.3) is 5.91 Å². The highest BCUT2D eigenvalue weighted by molar-refractivity contribution is 6.32. The highest BCUT2D eigenvalue weighted by Crippen LogP contribution is 2.39. The third-order valence-corrected chi connectivity index (χ3v) is 9.81. The van der Waals surface area contributed by atoms with Crippen LogP contribution in [0.15, 0.2) is 83.6 Å². The molecule has 0 aliphatic carbocycles. The Bertz CT molecular complexity index is 1940. The Hall–Kier alpha value is -5.08. The zero-order valence-corrected chi connectivity index (χ0v) is 33.7. The molecular weight excluding hydrogens is 716 g/mol. The van der Waals surface area contributed by atoms with E-state index in [1.807, 2.05) is 76.2 Å². The number of carbonyl (C=O) groups is 2. The molecule has 292 valence electrons. The van der Waals surface area contributed by atoms with Crippen LogP contribution in [0, 0.1) is 18.3 Å². The van der Waals surface area contributed by atoms with Crippen LogP contribution in [0.3, 0.4) is 0 Å². The van der Waals surface area contributed by atoms with E-state index in [1.165, 1.54) is 7.05 Å². The van der Waals surface area contributed by atoms with Gasteiger partial charge < -0.3 is 19.1 Å². The molecule has 0 aromatic heterocycles. The van der Waals surface area contributed by atoms with Crippen molar-refractivity contribution in [1.29, 1.82) is 0 Å². The first-order chi connectivity index (χ1) is 26.1. The zero-order valence-electron chi connectivity index (χ0n) is 32.9. The van der Waals surface area contributed by atoms with Gasteiger partial charge in [0.1, 0.15) is 30.0 Å². The number of nitrogens with one attached hydrogen (secondary N) is 1. The van der Waals surface area contributed by atoms with Crippen molar-refractivity contribution in [3.8, 4) is 29.6 Å². The van der Waals surface area contributed by atoms with Crippen molar-refractivity contribution >= 4 is 29.5 Å². The molecule has 0 radical (unpaired) electrons. The minimum atomic E-state index is -0.433. The number of halogens is 1. The molecule has 10 nitrogen and oxygen atoms in total. The van der Waals surface area contributed by atoms with Gasteiger partial charge in [0.2, 0.25) is 0 Å². The number of allylic oxidation sites excluding steroid dienone is 1. The molecule has 1 saturated heterocycles. The molecule has 1 amide bonds. The number of aliphatic imine (C=N–C) groups is 1. The molecule has 0 spiro atoms. The van der Waals surface area contributed by atoms with Crippen LogP contribution in [-0.2, 0) is 16.6 Å². The smallest absolute Gasteiger partial charge is 0.260 e. The molecule has 3 aromatic rings. The van der Waals surface area contributed by atoms with E-state index in [0.29, 0.717) is 72.4 Å². The second-order valence-corrected chi connectivity index (χ2v) is 14.9. The molecule has 1 heterocycles. The van der Waals surface area contributed by atoms with Gasteiger partial charge in [-0.25, -0.2) is 4.99 Å². The number of likely N-dealkylation sites (tertiary alicyclic amines) is 1. The first-order valence-electron chi connectivity index (χ1n) is 18.5. The number of amides is 1. The number of hydrogen-bond donors (Lipinski definition) is 2. The quantitative estimate of drug-likeness (QED) is 0.0612. The van der Waals surface area contributed by atoms with E-state index in [0.717, 1.165) is 33.2 Å². The largest absolute Gasteiger partial charge is 0.489 e. The number of rotatable bonds is 17. The fraction of sp³-hybridized carbons (Fsp3) is 0.386. The number of Topliss-reactive ketones (excluding diaryl/α,β-unsaturated/α-hetero) is 1. The Balaban J connectivity index is 1.32. The molecule has 1 aliphatic heterocycles. The lowest BCUT2D eigenvalue weighted by Gasteiger charge is -2.33. The van der Waals surface area contributed by atoms with Crippen LogP contribution in [0.25, 0.3) is 0 Å². The monoisotopic (exact) mass is 768 g/mol. The van der Waals surface area contributed by atoms with Gasteiger partial charge in [-0.2, -0.15) is 0 Å². The van der Waals surface area contributed by atoms with Gasteiger partial charge in [0, 0.05) is 56.1 Å². The van der Waals surface area contributed by atoms with Crippen LogP contribution in [0.5, 0.6) is 17.2 Å². The Morgan fingerprint density at radius 2 is 1.75 bits per heavy atom. The first kappa shape index (κ1) is 42.7. The maximum atomic E-state index is 13.0. The van der Waals surface area contributed by atoms with E-state index in [1.54, 1.807) is 23.2 Å². The molecule has 2 N–H and O–H groups in total. The fourth-order valence-electron chi connectivity index (χ4n) is 6.16. The zero-order chi connectivity index (χ0) is 40.3. The summed E-state index contributed by atoms with van der Waals surface area (Å²) >= 11 is 6.86. The minimum absolute atomic E-state index is 0.0833. The van der Waals surface area contributed by atoms with Crippen LogP contribution in [-0.4, -0.2) is 72.6 Å². The minimum Gasteiger partial charge on any atom is -0.489 e. The molecule has 0 atom stereocenters. The molecule has 0 bridgehead atoms. The van der Waals surface area contributed by atoms with Gasteiger partial charge in [0.15, 0.2) is 18.1 Å². The maximum Gasteiger partial charge on any atom is 0.260 e. The Labute approximate surface area is 330 Å². The van der Waals surface area contributed by atoms with Crippen LogP contribution in [0.2, 0.25) is 5.02 Å². The van der Waals surface area contributed by atoms with Crippen molar-refractivity contribution in [1.82, 2.24) is 15.5 Å². The predicted molar refractivity (Wildman–Crippen MR) is 218 cm³/mol. The Morgan fingerprint density at radius 1 is 1.09 bits per heavy atom. The summed E-state index contributed by atoms with van der Waals surface area (Å²) in [4.78, 5) is 31.5. The number of carbonyl (C=O) groups excluding carboxylic acids is 2. The molecular formula is C44H53ClN4O6. The lowest BCUT2D eigenvalue weighted by atomic mass is 9.77. The van der Waals surface area contributed by atoms with Crippen molar-refractivity contribution in [3.05, 3.63) is 111 Å². The summed E-state index contributed by atoms with van der Waals surface area (Å²) in [6.45, 7) is 17.0. The number of hydrazine groups is 1. The van der Waals surface area contributed by atoms with Crippen LogP contribution in [0.4, 0.5) is 0 Å². The molecule has 1 aliphatic rings. The maximum absolute atomic E-state index is 13.0. The number of aryl methyl sites for hydroxylation is 1. The van der Waals surface area contributed by atoms with Gasteiger partial charge in [-0.05, 0) is 84.1 Å². The lowest BCUT2D eigenvalue weighted by molar-refractivity contribution is -0.135. The van der Waals surface area contributed by atoms with Gasteiger partial charge in [-0.3, -0.25) is 20.2 Å². The number of nitrogens with zero attached hydrogens (tertiary/aromatic N) is 3. The number of ketones is 1. The third kappa shape index (κ3) is 11.7. The van der Waals surface area contributed by atoms with Gasteiger partial charge in [0.05, 0.1) is 10.6 Å². The number of benzene rings is 3. The normalized spacial score (nSPS) is 13.9. The predicted octanol–water partition coefficient (Wildman–Crippen LogP) is 8.19. The Morgan fingerprint density at radius 3 is 2.36 bits per heavy atom. The van der Waals surface area contributed by atoms with Gasteiger partial charge >= 0.3 is 0 Å². The summed E-state index contributed by atoms with van der Waals surface area (Å²) < 4.78 is 18.2. The third-order valence-electron chi connectivity index (χ3n) is 9.53. The standard InChI is InChI=1S/C44H53ClN4O6/c1-10-32-25-38(16-17-39(32)42(51)29(3)4)54-28-41(50)49-22-19-37(20-23-49)55-43-33(11-2)24-35(26-40(43)45)44(7,8)34-12-14-36(15-13-34)53-27-30(5)18-21-46-31(6)47-48(9)52/h2,12-18,21,24-26,29,37,47,52H,6,10,19-20,22-23,27-28H2,1,3-5,7-9H3/b30-18+,46-21-.